The molecule has 0 atom stereocenters. The Morgan fingerprint density at radius 3 is 2.73 bits per heavy atom. The molecule has 1 aliphatic heterocycles. The predicted octanol–water partition coefficient (Wildman–Crippen LogP) is 4.35. The van der Waals surface area contributed by atoms with E-state index in [-0.39, 0.29) is 11.8 Å². The van der Waals surface area contributed by atoms with E-state index in [4.69, 9.17) is 9.47 Å². The molecule has 156 valence electrons. The molecule has 0 saturated carbocycles. The van der Waals surface area contributed by atoms with Crippen LogP contribution in [0.25, 0.3) is 6.08 Å². The summed E-state index contributed by atoms with van der Waals surface area (Å²) in [6.45, 7) is 6.70. The molecule has 3 rings (SSSR count). The Kier molecular flexibility index (Phi) is 6.91. The second kappa shape index (κ2) is 9.78. The number of amides is 2. The smallest absolute Gasteiger partial charge is 0.248 e. The number of carbonyl (C=O) groups is 2. The molecule has 1 N–H and O–H groups in total. The minimum absolute atomic E-state index is 0.147. The molecule has 1 fully saturated rings. The molecule has 1 saturated heterocycles. The first kappa shape index (κ1) is 21.2. The summed E-state index contributed by atoms with van der Waals surface area (Å²) in [5.41, 5.74) is 3.35. The first-order valence-electron chi connectivity index (χ1n) is 9.83. The van der Waals surface area contributed by atoms with Crippen molar-refractivity contribution in [2.24, 2.45) is 0 Å². The highest BCUT2D eigenvalue weighted by Crippen LogP contribution is 2.29. The summed E-state index contributed by atoms with van der Waals surface area (Å²) in [5.74, 6) is 1.10. The monoisotopic (exact) mass is 406 g/mol. The van der Waals surface area contributed by atoms with Crippen LogP contribution in [-0.4, -0.2) is 32.1 Å². The minimum Gasteiger partial charge on any atom is -0.493 e. The third-order valence-corrected chi connectivity index (χ3v) is 4.80. The predicted molar refractivity (Wildman–Crippen MR) is 119 cm³/mol. The van der Waals surface area contributed by atoms with Crippen molar-refractivity contribution in [3.05, 3.63) is 66.3 Å². The van der Waals surface area contributed by atoms with Crippen molar-refractivity contribution >= 4 is 29.3 Å². The number of nitrogens with one attached hydrogen (secondary N) is 1. The Balaban J connectivity index is 1.65. The van der Waals surface area contributed by atoms with Crippen molar-refractivity contribution in [2.75, 3.05) is 30.5 Å². The molecule has 0 bridgehead atoms. The summed E-state index contributed by atoms with van der Waals surface area (Å²) >= 11 is 0. The summed E-state index contributed by atoms with van der Waals surface area (Å²) in [6, 6.07) is 11.0. The molecule has 1 aliphatic rings. The molecule has 0 radical (unpaired) electrons. The fourth-order valence-electron chi connectivity index (χ4n) is 3.35. The molecule has 2 amide bonds. The van der Waals surface area contributed by atoms with Gasteiger partial charge in [0.1, 0.15) is 6.61 Å². The maximum atomic E-state index is 12.3. The molecule has 0 unspecified atom stereocenters. The van der Waals surface area contributed by atoms with E-state index < -0.39 is 0 Å². The third kappa shape index (κ3) is 5.08. The van der Waals surface area contributed by atoms with Gasteiger partial charge in [-0.05, 0) is 60.9 Å². The van der Waals surface area contributed by atoms with Crippen LogP contribution >= 0.6 is 0 Å². The summed E-state index contributed by atoms with van der Waals surface area (Å²) in [5, 5.41) is 2.85. The largest absolute Gasteiger partial charge is 0.493 e. The van der Waals surface area contributed by atoms with E-state index in [1.807, 2.05) is 31.2 Å². The molecule has 0 spiro atoms. The Bertz CT molecular complexity index is 981. The third-order valence-electron chi connectivity index (χ3n) is 4.80. The van der Waals surface area contributed by atoms with Crippen LogP contribution < -0.4 is 19.7 Å². The van der Waals surface area contributed by atoms with Gasteiger partial charge < -0.3 is 19.7 Å². The molecule has 6 heteroatoms. The molecule has 1 heterocycles. The Labute approximate surface area is 176 Å². The molecular formula is C24H26N2O4. The number of methoxy groups -OCH3 is 1. The van der Waals surface area contributed by atoms with Gasteiger partial charge in [0.2, 0.25) is 11.8 Å². The molecule has 0 aliphatic carbocycles. The second-order valence-corrected chi connectivity index (χ2v) is 6.98. The van der Waals surface area contributed by atoms with E-state index in [2.05, 4.69) is 11.9 Å². The van der Waals surface area contributed by atoms with E-state index in [9.17, 15) is 9.59 Å². The zero-order valence-electron chi connectivity index (χ0n) is 17.3. The number of aryl methyl sites for hydroxylation is 1. The Morgan fingerprint density at radius 2 is 2.07 bits per heavy atom. The fraction of sp³-hybridized carbons (Fsp3) is 0.250. The number of anilines is 2. The van der Waals surface area contributed by atoms with E-state index in [0.29, 0.717) is 30.2 Å². The lowest BCUT2D eigenvalue weighted by atomic mass is 10.1. The van der Waals surface area contributed by atoms with Crippen LogP contribution in [-0.2, 0) is 9.59 Å². The number of nitrogens with zero attached hydrogens (tertiary/aromatic N) is 1. The van der Waals surface area contributed by atoms with E-state index in [0.717, 1.165) is 29.8 Å². The van der Waals surface area contributed by atoms with E-state index >= 15 is 0 Å². The number of benzene rings is 2. The van der Waals surface area contributed by atoms with E-state index in [1.54, 1.807) is 36.3 Å². The van der Waals surface area contributed by atoms with Gasteiger partial charge in [0, 0.05) is 30.4 Å². The normalized spacial score (nSPS) is 13.5. The summed E-state index contributed by atoms with van der Waals surface area (Å²) in [6.07, 6.45) is 6.31. The molecule has 0 aromatic heterocycles. The fourth-order valence-corrected chi connectivity index (χ4v) is 3.35. The lowest BCUT2D eigenvalue weighted by molar-refractivity contribution is -0.117. The van der Waals surface area contributed by atoms with Gasteiger partial charge in [-0.2, -0.15) is 0 Å². The van der Waals surface area contributed by atoms with Gasteiger partial charge in [-0.25, -0.2) is 0 Å². The van der Waals surface area contributed by atoms with Crippen LogP contribution in [0.4, 0.5) is 11.4 Å². The first-order chi connectivity index (χ1) is 14.5. The van der Waals surface area contributed by atoms with Crippen molar-refractivity contribution in [1.29, 1.82) is 0 Å². The van der Waals surface area contributed by atoms with Crippen LogP contribution in [0.3, 0.4) is 0 Å². The zero-order chi connectivity index (χ0) is 21.5. The number of carbonyl (C=O) groups excluding carboxylic acids is 2. The first-order valence-corrected chi connectivity index (χ1v) is 9.83. The van der Waals surface area contributed by atoms with Gasteiger partial charge in [0.15, 0.2) is 11.5 Å². The van der Waals surface area contributed by atoms with Crippen molar-refractivity contribution in [3.8, 4) is 11.5 Å². The van der Waals surface area contributed by atoms with Gasteiger partial charge in [0.25, 0.3) is 0 Å². The maximum absolute atomic E-state index is 12.3. The number of ether oxygens (including phenoxy) is 2. The van der Waals surface area contributed by atoms with Crippen LogP contribution in [0.2, 0.25) is 0 Å². The van der Waals surface area contributed by atoms with Crippen molar-refractivity contribution in [3.63, 3.8) is 0 Å². The van der Waals surface area contributed by atoms with Crippen molar-refractivity contribution in [1.82, 2.24) is 0 Å². The lowest BCUT2D eigenvalue weighted by Crippen LogP contribution is -2.24. The Morgan fingerprint density at radius 1 is 1.23 bits per heavy atom. The molecule has 2 aromatic rings. The highest BCUT2D eigenvalue weighted by molar-refractivity contribution is 6.02. The van der Waals surface area contributed by atoms with Crippen LogP contribution in [0, 0.1) is 6.92 Å². The standard InChI is InChI=1S/C24H26N2O4/c1-4-14-30-21-11-7-18(16-22(21)29-3)8-12-23(27)25-19-9-10-20(17(2)15-19)26-13-5-6-24(26)28/h4,7-12,15-16H,1,5-6,13-14H2,2-3H3,(H,25,27)/b12-8+. The van der Waals surface area contributed by atoms with Gasteiger partial charge in [-0.3, -0.25) is 9.59 Å². The van der Waals surface area contributed by atoms with Crippen LogP contribution in [0.15, 0.2) is 55.1 Å². The lowest BCUT2D eigenvalue weighted by Gasteiger charge is -2.19. The van der Waals surface area contributed by atoms with Crippen LogP contribution in [0.1, 0.15) is 24.0 Å². The summed E-state index contributed by atoms with van der Waals surface area (Å²) in [7, 11) is 1.57. The van der Waals surface area contributed by atoms with Gasteiger partial charge in [-0.15, -0.1) is 0 Å². The zero-order valence-corrected chi connectivity index (χ0v) is 17.3. The van der Waals surface area contributed by atoms with Gasteiger partial charge >= 0.3 is 0 Å². The average Bonchev–Trinajstić information content (AvgIpc) is 3.16. The number of hydrogen-bond acceptors (Lipinski definition) is 4. The SMILES string of the molecule is C=CCOc1ccc(/C=C/C(=O)Nc2ccc(N3CCCC3=O)c(C)c2)cc1OC. The summed E-state index contributed by atoms with van der Waals surface area (Å²) < 4.78 is 10.9. The van der Waals surface area contributed by atoms with E-state index in [1.165, 1.54) is 6.08 Å². The van der Waals surface area contributed by atoms with Crippen molar-refractivity contribution < 1.29 is 19.1 Å². The van der Waals surface area contributed by atoms with Gasteiger partial charge in [-0.1, -0.05) is 18.7 Å². The molecule has 6 nitrogen and oxygen atoms in total. The minimum atomic E-state index is -0.245. The summed E-state index contributed by atoms with van der Waals surface area (Å²) in [4.78, 5) is 26.1. The highest BCUT2D eigenvalue weighted by atomic mass is 16.5. The Hall–Kier alpha value is -3.54. The molecule has 2 aromatic carbocycles. The topological polar surface area (TPSA) is 67.9 Å². The average molecular weight is 406 g/mol. The molecule has 30 heavy (non-hydrogen) atoms. The van der Waals surface area contributed by atoms with Gasteiger partial charge in [0.05, 0.1) is 7.11 Å². The quantitative estimate of drug-likeness (QED) is 0.523. The van der Waals surface area contributed by atoms with Crippen LogP contribution in [0.5, 0.6) is 11.5 Å². The highest BCUT2D eigenvalue weighted by Gasteiger charge is 2.22. The maximum Gasteiger partial charge on any atom is 0.248 e. The number of hydrogen-bond donors (Lipinski definition) is 1. The van der Waals surface area contributed by atoms with Crippen molar-refractivity contribution in [2.45, 2.75) is 19.8 Å². The number of rotatable bonds is 8. The second-order valence-electron chi connectivity index (χ2n) is 6.98. The molecular weight excluding hydrogens is 380 g/mol.